The predicted molar refractivity (Wildman–Crippen MR) is 76.9 cm³/mol. The van der Waals surface area contributed by atoms with Crippen molar-refractivity contribution in [3.05, 3.63) is 46.5 Å². The first kappa shape index (κ1) is 13.7. The van der Waals surface area contributed by atoms with Crippen LogP contribution in [0.3, 0.4) is 0 Å². The second-order valence-corrected chi connectivity index (χ2v) is 5.27. The molecule has 0 fully saturated rings. The summed E-state index contributed by atoms with van der Waals surface area (Å²) in [6.45, 7) is 9.42. The standard InChI is InChI=1S/C15H22N4/c1-10-6-11(2)15(12(3)7-10)13(4)16-8-14-18-17-9-19(14)5/h6-7,9,13,16H,8H2,1-5H3. The van der Waals surface area contributed by atoms with Crippen molar-refractivity contribution in [2.24, 2.45) is 7.05 Å². The van der Waals surface area contributed by atoms with Crippen LogP contribution in [0.2, 0.25) is 0 Å². The molecule has 0 aliphatic heterocycles. The molecule has 0 aliphatic carbocycles. The van der Waals surface area contributed by atoms with E-state index in [4.69, 9.17) is 0 Å². The van der Waals surface area contributed by atoms with Gasteiger partial charge in [-0.1, -0.05) is 17.7 Å². The van der Waals surface area contributed by atoms with Gasteiger partial charge in [-0.25, -0.2) is 0 Å². The van der Waals surface area contributed by atoms with Crippen LogP contribution >= 0.6 is 0 Å². The van der Waals surface area contributed by atoms with Crippen molar-refractivity contribution in [3.63, 3.8) is 0 Å². The van der Waals surface area contributed by atoms with Gasteiger partial charge in [0.1, 0.15) is 12.2 Å². The van der Waals surface area contributed by atoms with E-state index in [-0.39, 0.29) is 0 Å². The van der Waals surface area contributed by atoms with Crippen LogP contribution in [0, 0.1) is 20.8 Å². The summed E-state index contributed by atoms with van der Waals surface area (Å²) >= 11 is 0. The number of benzene rings is 1. The maximum absolute atomic E-state index is 4.09. The van der Waals surface area contributed by atoms with Crippen LogP contribution in [0.4, 0.5) is 0 Å². The van der Waals surface area contributed by atoms with Crippen molar-refractivity contribution in [2.75, 3.05) is 0 Å². The molecular weight excluding hydrogens is 236 g/mol. The minimum atomic E-state index is 0.303. The average Bonchev–Trinajstić information content (AvgIpc) is 2.70. The molecular formula is C15H22N4. The SMILES string of the molecule is Cc1cc(C)c(C(C)NCc2nncn2C)c(C)c1. The maximum Gasteiger partial charge on any atom is 0.146 e. The molecule has 0 amide bonds. The molecule has 1 aromatic carbocycles. The molecule has 0 spiro atoms. The number of aromatic nitrogens is 3. The van der Waals surface area contributed by atoms with E-state index < -0.39 is 0 Å². The Bertz CT molecular complexity index is 548. The maximum atomic E-state index is 4.09. The fourth-order valence-corrected chi connectivity index (χ4v) is 2.69. The van der Waals surface area contributed by atoms with Crippen molar-refractivity contribution >= 4 is 0 Å². The summed E-state index contributed by atoms with van der Waals surface area (Å²) in [5.41, 5.74) is 5.39. The zero-order valence-corrected chi connectivity index (χ0v) is 12.4. The van der Waals surface area contributed by atoms with Gasteiger partial charge in [0.2, 0.25) is 0 Å². The third kappa shape index (κ3) is 3.01. The number of aryl methyl sites for hydroxylation is 4. The quantitative estimate of drug-likeness (QED) is 0.916. The highest BCUT2D eigenvalue weighted by molar-refractivity contribution is 5.39. The van der Waals surface area contributed by atoms with Gasteiger partial charge in [0.25, 0.3) is 0 Å². The van der Waals surface area contributed by atoms with Gasteiger partial charge in [-0.15, -0.1) is 10.2 Å². The highest BCUT2D eigenvalue weighted by atomic mass is 15.3. The lowest BCUT2D eigenvalue weighted by Gasteiger charge is -2.19. The molecule has 1 atom stereocenters. The zero-order chi connectivity index (χ0) is 14.0. The van der Waals surface area contributed by atoms with Crippen LogP contribution in [0.25, 0.3) is 0 Å². The molecule has 2 aromatic rings. The molecule has 0 saturated carbocycles. The number of nitrogens with zero attached hydrogens (tertiary/aromatic N) is 3. The Morgan fingerprint density at radius 3 is 2.37 bits per heavy atom. The molecule has 0 aliphatic rings. The largest absolute Gasteiger partial charge is 0.320 e. The van der Waals surface area contributed by atoms with Crippen molar-refractivity contribution < 1.29 is 0 Å². The molecule has 2 rings (SSSR count). The van der Waals surface area contributed by atoms with Crippen LogP contribution in [-0.4, -0.2) is 14.8 Å². The van der Waals surface area contributed by atoms with Gasteiger partial charge < -0.3 is 9.88 Å². The summed E-state index contributed by atoms with van der Waals surface area (Å²) in [5, 5.41) is 11.5. The average molecular weight is 258 g/mol. The summed E-state index contributed by atoms with van der Waals surface area (Å²) in [4.78, 5) is 0. The monoisotopic (exact) mass is 258 g/mol. The lowest BCUT2D eigenvalue weighted by molar-refractivity contribution is 0.544. The topological polar surface area (TPSA) is 42.7 Å². The summed E-state index contributed by atoms with van der Waals surface area (Å²) in [6, 6.07) is 4.78. The van der Waals surface area contributed by atoms with Gasteiger partial charge >= 0.3 is 0 Å². The van der Waals surface area contributed by atoms with Crippen molar-refractivity contribution in [1.29, 1.82) is 0 Å². The van der Waals surface area contributed by atoms with E-state index in [0.29, 0.717) is 6.04 Å². The van der Waals surface area contributed by atoms with Crippen LogP contribution in [0.5, 0.6) is 0 Å². The molecule has 0 bridgehead atoms. The Balaban J connectivity index is 2.12. The van der Waals surface area contributed by atoms with E-state index in [0.717, 1.165) is 12.4 Å². The normalized spacial score (nSPS) is 12.7. The van der Waals surface area contributed by atoms with E-state index in [1.165, 1.54) is 22.3 Å². The lowest BCUT2D eigenvalue weighted by atomic mass is 9.95. The molecule has 1 aromatic heterocycles. The molecule has 102 valence electrons. The summed E-state index contributed by atoms with van der Waals surface area (Å²) in [6.07, 6.45) is 1.73. The lowest BCUT2D eigenvalue weighted by Crippen LogP contribution is -2.21. The van der Waals surface area contributed by atoms with E-state index in [1.54, 1.807) is 6.33 Å². The van der Waals surface area contributed by atoms with Crippen LogP contribution in [-0.2, 0) is 13.6 Å². The first-order chi connectivity index (χ1) is 8.99. The minimum Gasteiger partial charge on any atom is -0.320 e. The Morgan fingerprint density at radius 2 is 1.84 bits per heavy atom. The summed E-state index contributed by atoms with van der Waals surface area (Å²) < 4.78 is 1.94. The first-order valence-corrected chi connectivity index (χ1v) is 6.63. The van der Waals surface area contributed by atoms with Crippen molar-refractivity contribution in [2.45, 2.75) is 40.3 Å². The van der Waals surface area contributed by atoms with E-state index in [9.17, 15) is 0 Å². The van der Waals surface area contributed by atoms with Gasteiger partial charge in [0, 0.05) is 13.1 Å². The molecule has 4 nitrogen and oxygen atoms in total. The van der Waals surface area contributed by atoms with Gasteiger partial charge in [0.05, 0.1) is 6.54 Å². The van der Waals surface area contributed by atoms with E-state index >= 15 is 0 Å². The van der Waals surface area contributed by atoms with Crippen LogP contribution in [0.15, 0.2) is 18.5 Å². The summed E-state index contributed by atoms with van der Waals surface area (Å²) in [7, 11) is 1.96. The highest BCUT2D eigenvalue weighted by Crippen LogP contribution is 2.23. The first-order valence-electron chi connectivity index (χ1n) is 6.63. The number of hydrogen-bond donors (Lipinski definition) is 1. The number of hydrogen-bond acceptors (Lipinski definition) is 3. The fraction of sp³-hybridized carbons (Fsp3) is 0.467. The van der Waals surface area contributed by atoms with Crippen LogP contribution < -0.4 is 5.32 Å². The Kier molecular flexibility index (Phi) is 4.00. The molecule has 19 heavy (non-hydrogen) atoms. The third-order valence-electron chi connectivity index (χ3n) is 3.54. The smallest absolute Gasteiger partial charge is 0.146 e. The Labute approximate surface area is 114 Å². The van der Waals surface area contributed by atoms with Crippen LogP contribution in [0.1, 0.15) is 41.0 Å². The van der Waals surface area contributed by atoms with Gasteiger partial charge in [-0.2, -0.15) is 0 Å². The number of nitrogens with one attached hydrogen (secondary N) is 1. The fourth-order valence-electron chi connectivity index (χ4n) is 2.69. The molecule has 1 N–H and O–H groups in total. The van der Waals surface area contributed by atoms with Crippen molar-refractivity contribution in [3.8, 4) is 0 Å². The molecule has 0 radical (unpaired) electrons. The zero-order valence-electron chi connectivity index (χ0n) is 12.4. The van der Waals surface area contributed by atoms with Crippen molar-refractivity contribution in [1.82, 2.24) is 20.1 Å². The molecule has 1 unspecified atom stereocenters. The second-order valence-electron chi connectivity index (χ2n) is 5.27. The highest BCUT2D eigenvalue weighted by Gasteiger charge is 2.12. The molecule has 4 heteroatoms. The summed E-state index contributed by atoms with van der Waals surface area (Å²) in [5.74, 6) is 0.953. The molecule has 0 saturated heterocycles. The molecule has 1 heterocycles. The Hall–Kier alpha value is -1.68. The Morgan fingerprint density at radius 1 is 1.21 bits per heavy atom. The van der Waals surface area contributed by atoms with E-state index in [2.05, 4.69) is 55.3 Å². The second kappa shape index (κ2) is 5.53. The number of rotatable bonds is 4. The minimum absolute atomic E-state index is 0.303. The predicted octanol–water partition coefficient (Wildman–Crippen LogP) is 2.59. The van der Waals surface area contributed by atoms with Gasteiger partial charge in [-0.05, 0) is 44.4 Å². The third-order valence-corrected chi connectivity index (χ3v) is 3.54. The van der Waals surface area contributed by atoms with Gasteiger partial charge in [0.15, 0.2) is 0 Å². The van der Waals surface area contributed by atoms with Gasteiger partial charge in [-0.3, -0.25) is 0 Å². The van der Waals surface area contributed by atoms with E-state index in [1.807, 2.05) is 11.6 Å².